The highest BCUT2D eigenvalue weighted by molar-refractivity contribution is 6.00. The fraction of sp³-hybridized carbons (Fsp3) is 0.630. The van der Waals surface area contributed by atoms with Crippen LogP contribution in [-0.2, 0) is 9.53 Å². The van der Waals surface area contributed by atoms with Crippen LogP contribution in [0.25, 0.3) is 0 Å². The van der Waals surface area contributed by atoms with Crippen LogP contribution in [0.4, 0.5) is 0 Å². The lowest BCUT2D eigenvalue weighted by Crippen LogP contribution is -2.23. The van der Waals surface area contributed by atoms with Gasteiger partial charge in [-0.1, -0.05) is 69.9 Å². The van der Waals surface area contributed by atoms with Crippen molar-refractivity contribution < 1.29 is 14.3 Å². The van der Waals surface area contributed by atoms with Crippen molar-refractivity contribution in [2.45, 2.75) is 103 Å². The molecular formula is C27H38O3. The maximum atomic E-state index is 12.3. The molecule has 0 aliphatic heterocycles. The van der Waals surface area contributed by atoms with Crippen LogP contribution < -0.4 is 0 Å². The molecule has 164 valence electrons. The molecule has 1 aliphatic carbocycles. The molecule has 1 unspecified atom stereocenters. The molecule has 0 saturated heterocycles. The Kier molecular flexibility index (Phi) is 10.7. The van der Waals surface area contributed by atoms with Gasteiger partial charge in [0.25, 0.3) is 0 Å². The normalized spacial score (nSPS) is 19.4. The van der Waals surface area contributed by atoms with Gasteiger partial charge in [0.2, 0.25) is 5.78 Å². The second kappa shape index (κ2) is 13.3. The molecular weight excluding hydrogens is 372 g/mol. The lowest BCUT2D eigenvalue weighted by atomic mass is 9.77. The molecule has 1 aliphatic rings. The number of hydrogen-bond donors (Lipinski definition) is 0. The Hall–Kier alpha value is -2.08. The minimum atomic E-state index is -0.841. The van der Waals surface area contributed by atoms with E-state index in [2.05, 4.69) is 18.8 Å². The van der Waals surface area contributed by atoms with Gasteiger partial charge in [-0.25, -0.2) is 4.79 Å². The molecule has 30 heavy (non-hydrogen) atoms. The fourth-order valence-electron chi connectivity index (χ4n) is 4.40. The van der Waals surface area contributed by atoms with Gasteiger partial charge >= 0.3 is 5.97 Å². The number of esters is 1. The smallest absolute Gasteiger partial charge is 0.338 e. The minimum absolute atomic E-state index is 0.375. The lowest BCUT2D eigenvalue weighted by molar-refractivity contribution is -0.121. The van der Waals surface area contributed by atoms with E-state index in [0.29, 0.717) is 11.5 Å². The van der Waals surface area contributed by atoms with Crippen LogP contribution in [0.1, 0.15) is 113 Å². The van der Waals surface area contributed by atoms with Gasteiger partial charge in [-0.15, -0.1) is 0 Å². The molecule has 0 N–H and O–H groups in total. The third-order valence-corrected chi connectivity index (χ3v) is 6.33. The SMILES string of the molecule is CC#CC(=O)C(C)OC(=O)c1ccc([C@H]2CC[C@H](CCCCCCCC)CC2)cc1. The first kappa shape index (κ1) is 24.2. The molecule has 1 aromatic carbocycles. The lowest BCUT2D eigenvalue weighted by Gasteiger charge is -2.29. The van der Waals surface area contributed by atoms with Gasteiger partial charge in [0.1, 0.15) is 0 Å². The summed E-state index contributed by atoms with van der Waals surface area (Å²) in [6.45, 7) is 5.42. The molecule has 3 heteroatoms. The van der Waals surface area contributed by atoms with Gasteiger partial charge in [0.05, 0.1) is 5.56 Å². The topological polar surface area (TPSA) is 43.4 Å². The summed E-state index contributed by atoms with van der Waals surface area (Å²) in [6.07, 6.45) is 14.0. The van der Waals surface area contributed by atoms with Crippen molar-refractivity contribution in [1.82, 2.24) is 0 Å². The summed E-state index contributed by atoms with van der Waals surface area (Å²) in [6, 6.07) is 7.74. The maximum Gasteiger partial charge on any atom is 0.338 e. The third kappa shape index (κ3) is 7.98. The molecule has 0 bridgehead atoms. The van der Waals surface area contributed by atoms with Gasteiger partial charge < -0.3 is 4.74 Å². The summed E-state index contributed by atoms with van der Waals surface area (Å²) in [4.78, 5) is 23.9. The summed E-state index contributed by atoms with van der Waals surface area (Å²) in [7, 11) is 0. The molecule has 0 aromatic heterocycles. The van der Waals surface area contributed by atoms with Crippen LogP contribution in [0.15, 0.2) is 24.3 Å². The average molecular weight is 411 g/mol. The van der Waals surface area contributed by atoms with E-state index < -0.39 is 12.1 Å². The zero-order valence-corrected chi connectivity index (χ0v) is 19.0. The second-order valence-electron chi connectivity index (χ2n) is 8.68. The number of rotatable bonds is 11. The second-order valence-corrected chi connectivity index (χ2v) is 8.68. The number of carbonyl (C=O) groups excluding carboxylic acids is 2. The first-order valence-electron chi connectivity index (χ1n) is 11.8. The summed E-state index contributed by atoms with van der Waals surface area (Å²) in [5.41, 5.74) is 1.80. The number of ether oxygens (including phenoxy) is 1. The van der Waals surface area contributed by atoms with Crippen LogP contribution in [-0.4, -0.2) is 17.9 Å². The minimum Gasteiger partial charge on any atom is -0.450 e. The quantitative estimate of drug-likeness (QED) is 0.173. The summed E-state index contributed by atoms with van der Waals surface area (Å²) < 4.78 is 5.23. The number of carbonyl (C=O) groups is 2. The Bertz CT molecular complexity index is 715. The van der Waals surface area contributed by atoms with Gasteiger partial charge in [-0.2, -0.15) is 0 Å². The predicted molar refractivity (Wildman–Crippen MR) is 122 cm³/mol. The van der Waals surface area contributed by atoms with Gasteiger partial charge in [0, 0.05) is 0 Å². The van der Waals surface area contributed by atoms with Crippen LogP contribution in [0, 0.1) is 17.8 Å². The highest BCUT2D eigenvalue weighted by Gasteiger charge is 2.23. The first-order valence-corrected chi connectivity index (χ1v) is 11.8. The van der Waals surface area contributed by atoms with Crippen LogP contribution in [0.5, 0.6) is 0 Å². The van der Waals surface area contributed by atoms with Gasteiger partial charge in [-0.3, -0.25) is 4.79 Å². The predicted octanol–water partition coefficient (Wildman–Crippen LogP) is 6.85. The Morgan fingerprint density at radius 1 is 1.00 bits per heavy atom. The van der Waals surface area contributed by atoms with Gasteiger partial charge in [0.15, 0.2) is 6.10 Å². The van der Waals surface area contributed by atoms with Gasteiger partial charge in [-0.05, 0) is 75.0 Å². The molecule has 1 saturated carbocycles. The largest absolute Gasteiger partial charge is 0.450 e. The number of unbranched alkanes of at least 4 members (excludes halogenated alkanes) is 5. The Balaban J connectivity index is 1.74. The molecule has 3 nitrogen and oxygen atoms in total. The van der Waals surface area contributed by atoms with Crippen molar-refractivity contribution in [3.05, 3.63) is 35.4 Å². The van der Waals surface area contributed by atoms with Crippen molar-refractivity contribution >= 4 is 11.8 Å². The van der Waals surface area contributed by atoms with Crippen molar-refractivity contribution in [3.63, 3.8) is 0 Å². The molecule has 1 fully saturated rings. The molecule has 1 aromatic rings. The van der Waals surface area contributed by atoms with Crippen LogP contribution in [0.2, 0.25) is 0 Å². The zero-order valence-electron chi connectivity index (χ0n) is 19.0. The first-order chi connectivity index (χ1) is 14.5. The van der Waals surface area contributed by atoms with Crippen molar-refractivity contribution in [2.24, 2.45) is 5.92 Å². The highest BCUT2D eigenvalue weighted by atomic mass is 16.5. The van der Waals surface area contributed by atoms with E-state index in [4.69, 9.17) is 4.74 Å². The van der Waals surface area contributed by atoms with E-state index in [1.165, 1.54) is 76.2 Å². The van der Waals surface area contributed by atoms with E-state index in [0.717, 1.165) is 5.92 Å². The summed E-state index contributed by atoms with van der Waals surface area (Å²) in [5, 5.41) is 0. The van der Waals surface area contributed by atoms with E-state index in [1.807, 2.05) is 24.3 Å². The average Bonchev–Trinajstić information content (AvgIpc) is 2.77. The zero-order chi connectivity index (χ0) is 21.8. The summed E-state index contributed by atoms with van der Waals surface area (Å²) in [5.74, 6) is 5.60. The molecule has 0 radical (unpaired) electrons. The van der Waals surface area contributed by atoms with Crippen LogP contribution in [0.3, 0.4) is 0 Å². The van der Waals surface area contributed by atoms with Crippen molar-refractivity contribution in [2.75, 3.05) is 0 Å². The number of benzene rings is 1. The van der Waals surface area contributed by atoms with E-state index in [9.17, 15) is 9.59 Å². The van der Waals surface area contributed by atoms with Crippen LogP contribution >= 0.6 is 0 Å². The van der Waals surface area contributed by atoms with E-state index in [-0.39, 0.29) is 5.78 Å². The fourth-order valence-corrected chi connectivity index (χ4v) is 4.40. The standard InChI is InChI=1S/C27H38O3/c1-4-6-7-8-9-10-12-22-13-15-23(16-14-22)24-17-19-25(20-18-24)27(29)30-21(3)26(28)11-5-2/h17-23H,4,6-10,12-16H2,1-3H3/t21?,22-,23-. The van der Waals surface area contributed by atoms with E-state index in [1.54, 1.807) is 13.8 Å². The Labute approximate surface area is 183 Å². The molecule has 0 spiro atoms. The maximum absolute atomic E-state index is 12.3. The highest BCUT2D eigenvalue weighted by Crippen LogP contribution is 2.37. The summed E-state index contributed by atoms with van der Waals surface area (Å²) >= 11 is 0. The van der Waals surface area contributed by atoms with E-state index >= 15 is 0 Å². The molecule has 0 heterocycles. The number of ketones is 1. The molecule has 0 amide bonds. The Morgan fingerprint density at radius 3 is 2.27 bits per heavy atom. The molecule has 2 rings (SSSR count). The molecule has 1 atom stereocenters. The van der Waals surface area contributed by atoms with Crippen molar-refractivity contribution in [3.8, 4) is 11.8 Å². The van der Waals surface area contributed by atoms with Crippen molar-refractivity contribution in [1.29, 1.82) is 0 Å². The number of hydrogen-bond acceptors (Lipinski definition) is 3. The third-order valence-electron chi connectivity index (χ3n) is 6.33. The number of Topliss-reactive ketones (excluding diaryl/α,β-unsaturated/α-hetero) is 1. The Morgan fingerprint density at radius 2 is 1.63 bits per heavy atom. The monoisotopic (exact) mass is 410 g/mol.